The number of nitrogens with one attached hydrogen (secondary N) is 1. The van der Waals surface area contributed by atoms with Gasteiger partial charge in [0, 0.05) is 24.6 Å². The molecule has 2 aromatic rings. The SMILES string of the molecule is Cc1ccc(CNc2ncc(Cl)cc2Br)cn1. The number of nitrogens with zero attached hydrogens (tertiary/aromatic N) is 2. The fourth-order valence-corrected chi connectivity index (χ4v) is 2.11. The second-order valence-corrected chi connectivity index (χ2v) is 4.94. The molecule has 17 heavy (non-hydrogen) atoms. The van der Waals surface area contributed by atoms with Crippen molar-refractivity contribution in [3.8, 4) is 0 Å². The molecule has 2 heterocycles. The van der Waals surface area contributed by atoms with Crippen LogP contribution in [0.5, 0.6) is 0 Å². The molecule has 0 unspecified atom stereocenters. The third kappa shape index (κ3) is 3.41. The first-order chi connectivity index (χ1) is 8.15. The maximum absolute atomic E-state index is 5.82. The Morgan fingerprint density at radius 2 is 2.12 bits per heavy atom. The first-order valence-electron chi connectivity index (χ1n) is 5.11. The summed E-state index contributed by atoms with van der Waals surface area (Å²) in [6.07, 6.45) is 3.47. The van der Waals surface area contributed by atoms with Gasteiger partial charge in [-0.25, -0.2) is 4.98 Å². The average Bonchev–Trinajstić information content (AvgIpc) is 2.30. The highest BCUT2D eigenvalue weighted by molar-refractivity contribution is 9.10. The maximum atomic E-state index is 5.82. The van der Waals surface area contributed by atoms with Gasteiger partial charge >= 0.3 is 0 Å². The summed E-state index contributed by atoms with van der Waals surface area (Å²) in [7, 11) is 0. The van der Waals surface area contributed by atoms with Crippen molar-refractivity contribution < 1.29 is 0 Å². The fourth-order valence-electron chi connectivity index (χ4n) is 1.33. The van der Waals surface area contributed by atoms with Gasteiger partial charge in [0.15, 0.2) is 0 Å². The third-order valence-electron chi connectivity index (χ3n) is 2.24. The molecular formula is C12H11BrClN3. The zero-order chi connectivity index (χ0) is 12.3. The van der Waals surface area contributed by atoms with Crippen LogP contribution in [0.2, 0.25) is 5.02 Å². The van der Waals surface area contributed by atoms with E-state index >= 15 is 0 Å². The predicted octanol–water partition coefficient (Wildman–Crippen LogP) is 3.81. The van der Waals surface area contributed by atoms with E-state index in [1.807, 2.05) is 31.3 Å². The molecule has 3 nitrogen and oxygen atoms in total. The number of anilines is 1. The highest BCUT2D eigenvalue weighted by Gasteiger charge is 2.02. The first kappa shape index (κ1) is 12.3. The molecule has 0 aliphatic heterocycles. The monoisotopic (exact) mass is 311 g/mol. The van der Waals surface area contributed by atoms with Gasteiger partial charge in [0.1, 0.15) is 5.82 Å². The molecule has 0 aromatic carbocycles. The van der Waals surface area contributed by atoms with Gasteiger partial charge in [0.25, 0.3) is 0 Å². The van der Waals surface area contributed by atoms with E-state index in [0.717, 1.165) is 21.5 Å². The first-order valence-corrected chi connectivity index (χ1v) is 6.29. The number of pyridine rings is 2. The Hall–Kier alpha value is -1.13. The van der Waals surface area contributed by atoms with Gasteiger partial charge in [-0.05, 0) is 40.5 Å². The lowest BCUT2D eigenvalue weighted by Crippen LogP contribution is -2.02. The van der Waals surface area contributed by atoms with Crippen LogP contribution in [0.15, 0.2) is 35.1 Å². The molecule has 0 aliphatic carbocycles. The zero-order valence-electron chi connectivity index (χ0n) is 9.24. The molecule has 0 amide bonds. The van der Waals surface area contributed by atoms with Crippen molar-refractivity contribution in [2.24, 2.45) is 0 Å². The maximum Gasteiger partial charge on any atom is 0.140 e. The highest BCUT2D eigenvalue weighted by Crippen LogP contribution is 2.23. The molecule has 0 bridgehead atoms. The topological polar surface area (TPSA) is 37.8 Å². The van der Waals surface area contributed by atoms with Crippen molar-refractivity contribution in [1.29, 1.82) is 0 Å². The van der Waals surface area contributed by atoms with Gasteiger partial charge in [0.2, 0.25) is 0 Å². The summed E-state index contributed by atoms with van der Waals surface area (Å²) < 4.78 is 0.852. The van der Waals surface area contributed by atoms with E-state index in [4.69, 9.17) is 11.6 Å². The number of hydrogen-bond acceptors (Lipinski definition) is 3. The molecule has 1 N–H and O–H groups in total. The van der Waals surface area contributed by atoms with Gasteiger partial charge < -0.3 is 5.32 Å². The summed E-state index contributed by atoms with van der Waals surface area (Å²) in [5.74, 6) is 0.773. The Balaban J connectivity index is 2.04. The molecule has 0 radical (unpaired) electrons. The average molecular weight is 313 g/mol. The number of hydrogen-bond donors (Lipinski definition) is 1. The van der Waals surface area contributed by atoms with Crippen LogP contribution in [-0.4, -0.2) is 9.97 Å². The summed E-state index contributed by atoms with van der Waals surface area (Å²) in [4.78, 5) is 8.43. The highest BCUT2D eigenvalue weighted by atomic mass is 79.9. The molecular weight excluding hydrogens is 302 g/mol. The minimum atomic E-state index is 0.611. The van der Waals surface area contributed by atoms with Gasteiger partial charge in [0.05, 0.1) is 9.50 Å². The van der Waals surface area contributed by atoms with Crippen molar-refractivity contribution in [2.75, 3.05) is 5.32 Å². The minimum Gasteiger partial charge on any atom is -0.365 e. The lowest BCUT2D eigenvalue weighted by molar-refractivity contribution is 1.06. The van der Waals surface area contributed by atoms with Crippen LogP contribution in [0.1, 0.15) is 11.3 Å². The largest absolute Gasteiger partial charge is 0.365 e. The number of halogens is 2. The fraction of sp³-hybridized carbons (Fsp3) is 0.167. The summed E-state index contributed by atoms with van der Waals surface area (Å²) >= 11 is 9.23. The van der Waals surface area contributed by atoms with E-state index in [9.17, 15) is 0 Å². The predicted molar refractivity (Wildman–Crippen MR) is 73.2 cm³/mol. The Morgan fingerprint density at radius 1 is 1.29 bits per heavy atom. The number of rotatable bonds is 3. The molecule has 2 rings (SSSR count). The van der Waals surface area contributed by atoms with E-state index in [2.05, 4.69) is 31.2 Å². The summed E-state index contributed by atoms with van der Waals surface area (Å²) in [6.45, 7) is 2.65. The second-order valence-electron chi connectivity index (χ2n) is 3.65. The van der Waals surface area contributed by atoms with Crippen LogP contribution in [-0.2, 0) is 6.54 Å². The molecule has 0 saturated heterocycles. The summed E-state index contributed by atoms with van der Waals surface area (Å²) in [5.41, 5.74) is 2.12. The van der Waals surface area contributed by atoms with Crippen molar-refractivity contribution in [1.82, 2.24) is 9.97 Å². The minimum absolute atomic E-state index is 0.611. The molecule has 88 valence electrons. The van der Waals surface area contributed by atoms with Crippen LogP contribution in [0, 0.1) is 6.92 Å². The molecule has 0 atom stereocenters. The Kier molecular flexibility index (Phi) is 3.97. The Morgan fingerprint density at radius 3 is 2.76 bits per heavy atom. The summed E-state index contributed by atoms with van der Waals surface area (Å²) in [6, 6.07) is 5.84. The Labute approximate surface area is 113 Å². The van der Waals surface area contributed by atoms with Gasteiger partial charge in [-0.2, -0.15) is 0 Å². The van der Waals surface area contributed by atoms with E-state index in [-0.39, 0.29) is 0 Å². The molecule has 0 aliphatic rings. The van der Waals surface area contributed by atoms with E-state index in [1.54, 1.807) is 6.20 Å². The van der Waals surface area contributed by atoms with Gasteiger partial charge in [-0.1, -0.05) is 17.7 Å². The quantitative estimate of drug-likeness (QED) is 0.936. The molecule has 0 spiro atoms. The van der Waals surface area contributed by atoms with Crippen LogP contribution < -0.4 is 5.32 Å². The molecule has 0 saturated carbocycles. The molecule has 0 fully saturated rings. The summed E-state index contributed by atoms with van der Waals surface area (Å²) in [5, 5.41) is 3.83. The van der Waals surface area contributed by atoms with Crippen LogP contribution in [0.3, 0.4) is 0 Å². The Bertz CT molecular complexity index is 514. The zero-order valence-corrected chi connectivity index (χ0v) is 11.6. The van der Waals surface area contributed by atoms with Gasteiger partial charge in [-0.15, -0.1) is 0 Å². The van der Waals surface area contributed by atoms with Crippen molar-refractivity contribution in [3.05, 3.63) is 51.3 Å². The van der Waals surface area contributed by atoms with Crippen molar-refractivity contribution in [2.45, 2.75) is 13.5 Å². The normalized spacial score (nSPS) is 10.3. The molecule has 5 heteroatoms. The van der Waals surface area contributed by atoms with Crippen LogP contribution >= 0.6 is 27.5 Å². The van der Waals surface area contributed by atoms with Gasteiger partial charge in [-0.3, -0.25) is 4.98 Å². The number of aryl methyl sites for hydroxylation is 1. The van der Waals surface area contributed by atoms with Crippen molar-refractivity contribution in [3.63, 3.8) is 0 Å². The van der Waals surface area contributed by atoms with E-state index in [0.29, 0.717) is 11.6 Å². The van der Waals surface area contributed by atoms with Crippen LogP contribution in [0.4, 0.5) is 5.82 Å². The number of aromatic nitrogens is 2. The van der Waals surface area contributed by atoms with E-state index < -0.39 is 0 Å². The lowest BCUT2D eigenvalue weighted by atomic mass is 10.2. The molecule has 2 aromatic heterocycles. The van der Waals surface area contributed by atoms with Crippen molar-refractivity contribution >= 4 is 33.3 Å². The van der Waals surface area contributed by atoms with Crippen LogP contribution in [0.25, 0.3) is 0 Å². The second kappa shape index (κ2) is 5.47. The van der Waals surface area contributed by atoms with E-state index in [1.165, 1.54) is 0 Å². The standard InChI is InChI=1S/C12H11BrClN3/c1-8-2-3-9(5-15-8)6-16-12-11(13)4-10(14)7-17-12/h2-5,7H,6H2,1H3,(H,16,17). The lowest BCUT2D eigenvalue weighted by Gasteiger charge is -2.07. The smallest absolute Gasteiger partial charge is 0.140 e. The third-order valence-corrected chi connectivity index (χ3v) is 3.05.